The molecule has 0 aliphatic heterocycles. The van der Waals surface area contributed by atoms with Crippen molar-refractivity contribution in [3.8, 4) is 0 Å². The van der Waals surface area contributed by atoms with Crippen molar-refractivity contribution in [1.82, 2.24) is 5.32 Å². The highest BCUT2D eigenvalue weighted by Crippen LogP contribution is 2.09. The maximum absolute atomic E-state index is 12.9. The van der Waals surface area contributed by atoms with Crippen LogP contribution >= 0.6 is 0 Å². The van der Waals surface area contributed by atoms with Gasteiger partial charge in [0.2, 0.25) is 0 Å². The topological polar surface area (TPSA) is 41.1 Å². The van der Waals surface area contributed by atoms with E-state index in [1.807, 2.05) is 20.8 Å². The number of benzene rings is 1. The van der Waals surface area contributed by atoms with Crippen LogP contribution in [-0.4, -0.2) is 6.03 Å². The molecule has 92 valence electrons. The first-order chi connectivity index (χ1) is 7.99. The molecule has 0 spiro atoms. The summed E-state index contributed by atoms with van der Waals surface area (Å²) < 4.78 is 12.9. The Morgan fingerprint density at radius 2 is 2.12 bits per heavy atom. The third-order valence-electron chi connectivity index (χ3n) is 2.42. The van der Waals surface area contributed by atoms with Crippen molar-refractivity contribution < 1.29 is 9.18 Å². The lowest BCUT2D eigenvalue weighted by Gasteiger charge is -2.07. The van der Waals surface area contributed by atoms with Crippen LogP contribution in [0, 0.1) is 11.7 Å². The number of anilines is 1. The van der Waals surface area contributed by atoms with Crippen LogP contribution in [-0.2, 0) is 0 Å². The highest BCUT2D eigenvalue weighted by molar-refractivity contribution is 5.89. The predicted molar refractivity (Wildman–Crippen MR) is 67.1 cm³/mol. The number of carbonyl (C=O) groups excluding carboxylic acids is 1. The van der Waals surface area contributed by atoms with Crippen LogP contribution in [0.25, 0.3) is 0 Å². The van der Waals surface area contributed by atoms with Crippen LogP contribution in [0.15, 0.2) is 36.0 Å². The van der Waals surface area contributed by atoms with Gasteiger partial charge in [0, 0.05) is 11.9 Å². The van der Waals surface area contributed by atoms with E-state index in [9.17, 15) is 9.18 Å². The minimum absolute atomic E-state index is 0.378. The average Bonchev–Trinajstić information content (AvgIpc) is 2.25. The monoisotopic (exact) mass is 236 g/mol. The Morgan fingerprint density at radius 1 is 1.41 bits per heavy atom. The minimum atomic E-state index is -0.379. The van der Waals surface area contributed by atoms with Crippen molar-refractivity contribution in [3.63, 3.8) is 0 Å². The van der Waals surface area contributed by atoms with Crippen molar-refractivity contribution >= 4 is 11.7 Å². The van der Waals surface area contributed by atoms with Crippen molar-refractivity contribution in [2.75, 3.05) is 5.32 Å². The van der Waals surface area contributed by atoms with E-state index in [1.165, 1.54) is 12.1 Å². The molecule has 0 radical (unpaired) electrons. The Kier molecular flexibility index (Phi) is 4.69. The molecule has 0 heterocycles. The molecular formula is C13H17FN2O. The second-order valence-electron chi connectivity index (χ2n) is 4.15. The van der Waals surface area contributed by atoms with Gasteiger partial charge in [-0.2, -0.15) is 0 Å². The fraction of sp³-hybridized carbons (Fsp3) is 0.308. The molecule has 1 aromatic rings. The summed E-state index contributed by atoms with van der Waals surface area (Å²) in [5, 5.41) is 5.14. The zero-order valence-corrected chi connectivity index (χ0v) is 10.3. The Morgan fingerprint density at radius 3 is 2.71 bits per heavy atom. The summed E-state index contributed by atoms with van der Waals surface area (Å²) >= 11 is 0. The largest absolute Gasteiger partial charge is 0.323 e. The third kappa shape index (κ3) is 4.68. The van der Waals surface area contributed by atoms with E-state index < -0.39 is 0 Å². The summed E-state index contributed by atoms with van der Waals surface area (Å²) in [6, 6.07) is 5.38. The molecule has 0 aliphatic rings. The van der Waals surface area contributed by atoms with Gasteiger partial charge < -0.3 is 10.6 Å². The summed E-state index contributed by atoms with van der Waals surface area (Å²) in [5.74, 6) is 0.00109. The van der Waals surface area contributed by atoms with Gasteiger partial charge in [-0.15, -0.1) is 0 Å². The zero-order valence-electron chi connectivity index (χ0n) is 10.3. The van der Waals surface area contributed by atoms with E-state index in [1.54, 1.807) is 18.3 Å². The second kappa shape index (κ2) is 6.03. The Balaban J connectivity index is 2.53. The van der Waals surface area contributed by atoms with Gasteiger partial charge in [-0.1, -0.05) is 25.5 Å². The Hall–Kier alpha value is -1.84. The summed E-state index contributed by atoms with van der Waals surface area (Å²) in [6.45, 7) is 6.02. The molecule has 2 amide bonds. The van der Waals surface area contributed by atoms with Crippen LogP contribution in [0.4, 0.5) is 14.9 Å². The van der Waals surface area contributed by atoms with Gasteiger partial charge >= 0.3 is 6.03 Å². The third-order valence-corrected chi connectivity index (χ3v) is 2.42. The Bertz CT molecular complexity index is 427. The number of nitrogens with one attached hydrogen (secondary N) is 2. The number of hydrogen-bond acceptors (Lipinski definition) is 1. The summed E-state index contributed by atoms with van der Waals surface area (Å²) in [4.78, 5) is 11.5. The van der Waals surface area contributed by atoms with Crippen LogP contribution < -0.4 is 10.6 Å². The van der Waals surface area contributed by atoms with E-state index >= 15 is 0 Å². The standard InChI is InChI=1S/C13H17FN2O/c1-9(2)10(3)8-15-13(17)16-12-6-4-5-11(14)7-12/h4-9H,1-3H3,(H2,15,16,17)/b10-8+. The maximum atomic E-state index is 12.9. The first-order valence-electron chi connectivity index (χ1n) is 5.49. The maximum Gasteiger partial charge on any atom is 0.323 e. The highest BCUT2D eigenvalue weighted by Gasteiger charge is 2.01. The van der Waals surface area contributed by atoms with Crippen molar-refractivity contribution in [2.45, 2.75) is 20.8 Å². The van der Waals surface area contributed by atoms with Crippen LogP contribution in [0.1, 0.15) is 20.8 Å². The molecule has 1 aromatic carbocycles. The first kappa shape index (κ1) is 13.2. The lowest BCUT2D eigenvalue weighted by atomic mass is 10.1. The SMILES string of the molecule is C/C(=C\NC(=O)Nc1cccc(F)c1)C(C)C. The molecule has 0 saturated heterocycles. The molecule has 0 fully saturated rings. The van der Waals surface area contributed by atoms with Crippen LogP contribution in [0.5, 0.6) is 0 Å². The number of urea groups is 1. The van der Waals surface area contributed by atoms with E-state index in [4.69, 9.17) is 0 Å². The molecule has 0 saturated carbocycles. The molecule has 3 nitrogen and oxygen atoms in total. The predicted octanol–water partition coefficient (Wildman–Crippen LogP) is 3.51. The lowest BCUT2D eigenvalue weighted by Crippen LogP contribution is -2.24. The number of rotatable bonds is 3. The van der Waals surface area contributed by atoms with Gasteiger partial charge in [0.1, 0.15) is 5.82 Å². The smallest absolute Gasteiger partial charge is 0.314 e. The molecule has 0 aromatic heterocycles. The Labute approximate surface area is 101 Å². The molecule has 1 rings (SSSR count). The van der Waals surface area contributed by atoms with Gasteiger partial charge in [0.25, 0.3) is 0 Å². The highest BCUT2D eigenvalue weighted by atomic mass is 19.1. The average molecular weight is 236 g/mol. The van der Waals surface area contributed by atoms with Gasteiger partial charge in [-0.25, -0.2) is 9.18 Å². The summed E-state index contributed by atoms with van der Waals surface area (Å²) in [5.41, 5.74) is 1.50. The van der Waals surface area contributed by atoms with E-state index in [2.05, 4.69) is 10.6 Å². The molecule has 0 aliphatic carbocycles. The van der Waals surface area contributed by atoms with Crippen molar-refractivity contribution in [2.24, 2.45) is 5.92 Å². The molecule has 2 N–H and O–H groups in total. The summed E-state index contributed by atoms with van der Waals surface area (Å²) in [6.07, 6.45) is 1.65. The van der Waals surface area contributed by atoms with Gasteiger partial charge in [0.15, 0.2) is 0 Å². The number of amides is 2. The van der Waals surface area contributed by atoms with Crippen LogP contribution in [0.3, 0.4) is 0 Å². The molecule has 4 heteroatoms. The fourth-order valence-corrected chi connectivity index (χ4v) is 1.08. The molecule has 0 atom stereocenters. The van der Waals surface area contributed by atoms with Crippen molar-refractivity contribution in [3.05, 3.63) is 41.9 Å². The number of allylic oxidation sites excluding steroid dienone is 1. The zero-order chi connectivity index (χ0) is 12.8. The molecule has 17 heavy (non-hydrogen) atoms. The minimum Gasteiger partial charge on any atom is -0.314 e. The quantitative estimate of drug-likeness (QED) is 0.828. The molecular weight excluding hydrogens is 219 g/mol. The van der Waals surface area contributed by atoms with E-state index in [0.717, 1.165) is 5.57 Å². The lowest BCUT2D eigenvalue weighted by molar-refractivity contribution is 0.255. The molecule has 0 unspecified atom stereocenters. The van der Waals surface area contributed by atoms with E-state index in [-0.39, 0.29) is 11.8 Å². The normalized spacial score (nSPS) is 11.5. The van der Waals surface area contributed by atoms with Gasteiger partial charge in [-0.05, 0) is 31.0 Å². The van der Waals surface area contributed by atoms with Gasteiger partial charge in [0.05, 0.1) is 0 Å². The van der Waals surface area contributed by atoms with Crippen molar-refractivity contribution in [1.29, 1.82) is 0 Å². The number of carbonyl (C=O) groups is 1. The number of halogens is 1. The first-order valence-corrected chi connectivity index (χ1v) is 5.49. The number of hydrogen-bond donors (Lipinski definition) is 2. The fourth-order valence-electron chi connectivity index (χ4n) is 1.08. The van der Waals surface area contributed by atoms with Crippen LogP contribution in [0.2, 0.25) is 0 Å². The second-order valence-corrected chi connectivity index (χ2v) is 4.15. The van der Waals surface area contributed by atoms with E-state index in [0.29, 0.717) is 11.6 Å². The van der Waals surface area contributed by atoms with Gasteiger partial charge in [-0.3, -0.25) is 0 Å². The molecule has 0 bridgehead atoms. The summed E-state index contributed by atoms with van der Waals surface area (Å²) in [7, 11) is 0.